The summed E-state index contributed by atoms with van der Waals surface area (Å²) in [7, 11) is -4.81. The molecule has 0 saturated carbocycles. The Kier molecular flexibility index (Phi) is 5.22. The topological polar surface area (TPSA) is 141 Å². The number of carbonyl (C=O) groups is 2. The van der Waals surface area contributed by atoms with Gasteiger partial charge in [-0.2, -0.15) is 0 Å². The van der Waals surface area contributed by atoms with Crippen LogP contribution in [0.2, 0.25) is 0 Å². The number of aliphatic hydroxyl groups is 2. The molecule has 88 valence electrons. The largest absolute Gasteiger partial charge is 0.470 e. The SMILES string of the molecule is CC(=O)C(O)C(O)C(=O)COP(=O)(O)O. The highest BCUT2D eigenvalue weighted by molar-refractivity contribution is 7.46. The van der Waals surface area contributed by atoms with Crippen molar-refractivity contribution in [3.63, 3.8) is 0 Å². The summed E-state index contributed by atoms with van der Waals surface area (Å²) in [6, 6.07) is 0. The van der Waals surface area contributed by atoms with Crippen LogP contribution in [0.3, 0.4) is 0 Å². The van der Waals surface area contributed by atoms with Gasteiger partial charge in [0.15, 0.2) is 11.6 Å². The van der Waals surface area contributed by atoms with E-state index < -0.39 is 38.2 Å². The molecule has 0 heterocycles. The molecule has 2 unspecified atom stereocenters. The lowest BCUT2D eigenvalue weighted by atomic mass is 10.1. The van der Waals surface area contributed by atoms with Crippen LogP contribution in [0.1, 0.15) is 6.92 Å². The van der Waals surface area contributed by atoms with Crippen molar-refractivity contribution >= 4 is 19.4 Å². The number of rotatable bonds is 6. The molecule has 0 aromatic carbocycles. The van der Waals surface area contributed by atoms with E-state index in [1.807, 2.05) is 0 Å². The molecule has 0 amide bonds. The minimum absolute atomic E-state index is 0.841. The van der Waals surface area contributed by atoms with E-state index in [0.717, 1.165) is 6.92 Å². The molecule has 0 aliphatic rings. The summed E-state index contributed by atoms with van der Waals surface area (Å²) >= 11 is 0. The van der Waals surface area contributed by atoms with Crippen LogP contribution < -0.4 is 0 Å². The zero-order chi connectivity index (χ0) is 12.2. The zero-order valence-electron chi connectivity index (χ0n) is 7.73. The van der Waals surface area contributed by atoms with Crippen LogP contribution >= 0.6 is 7.82 Å². The molecule has 9 heteroatoms. The first-order valence-corrected chi connectivity index (χ1v) is 5.27. The minimum Gasteiger partial charge on any atom is -0.382 e. The second-order valence-corrected chi connectivity index (χ2v) is 3.97. The van der Waals surface area contributed by atoms with Crippen LogP contribution in [-0.2, 0) is 18.7 Å². The fourth-order valence-corrected chi connectivity index (χ4v) is 0.927. The number of phosphoric acid groups is 1. The van der Waals surface area contributed by atoms with Crippen molar-refractivity contribution in [2.75, 3.05) is 6.61 Å². The number of ketones is 2. The summed E-state index contributed by atoms with van der Waals surface area (Å²) in [5, 5.41) is 17.9. The van der Waals surface area contributed by atoms with Crippen molar-refractivity contribution in [3.8, 4) is 0 Å². The summed E-state index contributed by atoms with van der Waals surface area (Å²) < 4.78 is 13.9. The molecule has 15 heavy (non-hydrogen) atoms. The van der Waals surface area contributed by atoms with E-state index >= 15 is 0 Å². The molecule has 0 aromatic heterocycles. The second-order valence-electron chi connectivity index (χ2n) is 2.73. The molecule has 0 fully saturated rings. The quantitative estimate of drug-likeness (QED) is 0.391. The first-order valence-electron chi connectivity index (χ1n) is 3.74. The molecule has 8 nitrogen and oxygen atoms in total. The molecule has 0 aliphatic carbocycles. The van der Waals surface area contributed by atoms with Crippen LogP contribution in [0.4, 0.5) is 0 Å². The van der Waals surface area contributed by atoms with E-state index in [4.69, 9.17) is 20.0 Å². The highest BCUT2D eigenvalue weighted by Crippen LogP contribution is 2.35. The zero-order valence-corrected chi connectivity index (χ0v) is 8.63. The Balaban J connectivity index is 4.23. The number of hydrogen-bond acceptors (Lipinski definition) is 6. The average Bonchev–Trinajstić information content (AvgIpc) is 2.10. The Labute approximate surface area is 84.7 Å². The summed E-state index contributed by atoms with van der Waals surface area (Å²) in [6.45, 7) is -0.138. The molecule has 0 rings (SSSR count). The maximum absolute atomic E-state index is 10.9. The van der Waals surface area contributed by atoms with Gasteiger partial charge in [-0.1, -0.05) is 0 Å². The normalized spacial score (nSPS) is 15.8. The smallest absolute Gasteiger partial charge is 0.382 e. The van der Waals surface area contributed by atoms with E-state index in [9.17, 15) is 14.2 Å². The van der Waals surface area contributed by atoms with Gasteiger partial charge in [-0.3, -0.25) is 14.1 Å². The van der Waals surface area contributed by atoms with E-state index in [1.165, 1.54) is 0 Å². The van der Waals surface area contributed by atoms with Crippen LogP contribution in [0.25, 0.3) is 0 Å². The van der Waals surface area contributed by atoms with Gasteiger partial charge in [0.1, 0.15) is 18.8 Å². The predicted molar refractivity (Wildman–Crippen MR) is 45.7 cm³/mol. The Morgan fingerprint density at radius 3 is 2.07 bits per heavy atom. The molecule has 0 saturated heterocycles. The van der Waals surface area contributed by atoms with E-state index in [2.05, 4.69) is 4.52 Å². The summed E-state index contributed by atoms with van der Waals surface area (Å²) in [5.74, 6) is -2.03. The van der Waals surface area contributed by atoms with Crippen molar-refractivity contribution in [1.29, 1.82) is 0 Å². The van der Waals surface area contributed by atoms with Crippen molar-refractivity contribution in [3.05, 3.63) is 0 Å². The predicted octanol–water partition coefficient (Wildman–Crippen LogP) is -2.02. The number of carbonyl (C=O) groups excluding carboxylic acids is 2. The second kappa shape index (κ2) is 5.45. The fourth-order valence-electron chi connectivity index (χ4n) is 0.631. The van der Waals surface area contributed by atoms with Crippen molar-refractivity contribution < 1.29 is 38.7 Å². The van der Waals surface area contributed by atoms with Gasteiger partial charge in [-0.15, -0.1) is 0 Å². The van der Waals surface area contributed by atoms with E-state index in [-0.39, 0.29) is 0 Å². The van der Waals surface area contributed by atoms with Crippen molar-refractivity contribution in [1.82, 2.24) is 0 Å². The standard InChI is InChI=1S/C6H11O8P/c1-3(7)5(9)6(10)4(8)2-14-15(11,12)13/h5-6,9-10H,2H2,1H3,(H2,11,12,13). The van der Waals surface area contributed by atoms with E-state index in [0.29, 0.717) is 0 Å². The number of hydrogen-bond donors (Lipinski definition) is 4. The third-order valence-corrected chi connectivity index (χ3v) is 1.89. The van der Waals surface area contributed by atoms with E-state index in [1.54, 1.807) is 0 Å². The van der Waals surface area contributed by atoms with Crippen molar-refractivity contribution in [2.45, 2.75) is 19.1 Å². The monoisotopic (exact) mass is 242 g/mol. The maximum atomic E-state index is 10.9. The first kappa shape index (κ1) is 14.4. The molecule has 0 aromatic rings. The molecule has 0 aliphatic heterocycles. The lowest BCUT2D eigenvalue weighted by Crippen LogP contribution is -2.40. The average molecular weight is 242 g/mol. The molecule has 0 radical (unpaired) electrons. The first-order chi connectivity index (χ1) is 6.65. The fraction of sp³-hybridized carbons (Fsp3) is 0.667. The molecule has 0 spiro atoms. The van der Waals surface area contributed by atoms with Crippen LogP contribution in [-0.4, -0.2) is 50.4 Å². The Morgan fingerprint density at radius 1 is 1.27 bits per heavy atom. The minimum atomic E-state index is -4.81. The van der Waals surface area contributed by atoms with Crippen LogP contribution in [0.15, 0.2) is 0 Å². The van der Waals surface area contributed by atoms with Gasteiger partial charge < -0.3 is 20.0 Å². The Morgan fingerprint density at radius 2 is 1.73 bits per heavy atom. The molecule has 4 N–H and O–H groups in total. The van der Waals surface area contributed by atoms with Gasteiger partial charge in [0, 0.05) is 0 Å². The van der Waals surface area contributed by atoms with Crippen LogP contribution in [0, 0.1) is 0 Å². The summed E-state index contributed by atoms with van der Waals surface area (Å²) in [5.41, 5.74) is 0. The lowest BCUT2D eigenvalue weighted by molar-refractivity contribution is -0.143. The van der Waals surface area contributed by atoms with Gasteiger partial charge in [0.05, 0.1) is 0 Å². The van der Waals surface area contributed by atoms with Gasteiger partial charge >= 0.3 is 7.82 Å². The van der Waals surface area contributed by atoms with Gasteiger partial charge in [-0.05, 0) is 6.92 Å². The maximum Gasteiger partial charge on any atom is 0.470 e. The van der Waals surface area contributed by atoms with Gasteiger partial charge in [0.2, 0.25) is 0 Å². The summed E-state index contributed by atoms with van der Waals surface area (Å²) in [4.78, 5) is 37.9. The third kappa shape index (κ3) is 5.73. The van der Waals surface area contributed by atoms with Gasteiger partial charge in [0.25, 0.3) is 0 Å². The number of Topliss-reactive ketones (excluding diaryl/α,β-unsaturated/α-hetero) is 2. The highest BCUT2D eigenvalue weighted by Gasteiger charge is 2.29. The Bertz CT molecular complexity index is 294. The number of phosphoric ester groups is 1. The van der Waals surface area contributed by atoms with Gasteiger partial charge in [-0.25, -0.2) is 4.57 Å². The molecular weight excluding hydrogens is 231 g/mol. The third-order valence-electron chi connectivity index (χ3n) is 1.42. The lowest BCUT2D eigenvalue weighted by Gasteiger charge is -2.13. The molecule has 0 bridgehead atoms. The van der Waals surface area contributed by atoms with Crippen LogP contribution in [0.5, 0.6) is 0 Å². The van der Waals surface area contributed by atoms with Crippen molar-refractivity contribution in [2.24, 2.45) is 0 Å². The molecule has 2 atom stereocenters. The number of aliphatic hydroxyl groups excluding tert-OH is 2. The summed E-state index contributed by atoms with van der Waals surface area (Å²) in [6.07, 6.45) is -3.97. The molecular formula is C6H11O8P. The highest BCUT2D eigenvalue weighted by atomic mass is 31.2. The Hall–Kier alpha value is -0.630.